The Morgan fingerprint density at radius 3 is 2.60 bits per heavy atom. The number of esters is 1. The van der Waals surface area contributed by atoms with Gasteiger partial charge in [-0.05, 0) is 6.92 Å². The lowest BCUT2D eigenvalue weighted by Crippen LogP contribution is -2.11. The third-order valence-electron chi connectivity index (χ3n) is 0.804. The molecule has 0 N–H and O–H groups in total. The third-order valence-corrected chi connectivity index (χ3v) is 0.953. The molecule has 1 unspecified atom stereocenters. The number of rotatable bonds is 3. The highest BCUT2D eigenvalue weighted by Gasteiger charge is 2.03. The molecule has 0 radical (unpaired) electrons. The number of ether oxygens (including phenoxy) is 1. The Kier molecular flexibility index (Phi) is 4.19. The molecule has 0 amide bonds. The van der Waals surface area contributed by atoms with E-state index in [0.29, 0.717) is 12.2 Å². The molecule has 0 aromatic heterocycles. The first kappa shape index (κ1) is 9.56. The smallest absolute Gasteiger partial charge is 0.333 e. The van der Waals surface area contributed by atoms with E-state index < -0.39 is 0 Å². The van der Waals surface area contributed by atoms with Gasteiger partial charge in [0.15, 0.2) is 0 Å². The molecule has 3 heteroatoms. The van der Waals surface area contributed by atoms with Crippen LogP contribution in [0.15, 0.2) is 12.2 Å². The standard InChI is InChI=1S/C7H12O2S/c1-5(2)7(8)9-4-6(3)10/h6,10H,1,4H2,2-3H3. The Morgan fingerprint density at radius 2 is 2.30 bits per heavy atom. The van der Waals surface area contributed by atoms with Crippen molar-refractivity contribution in [3.63, 3.8) is 0 Å². The number of hydrogen-bond donors (Lipinski definition) is 1. The van der Waals surface area contributed by atoms with Crippen LogP contribution in [0.3, 0.4) is 0 Å². The predicted octanol–water partition coefficient (Wildman–Crippen LogP) is 1.42. The molecule has 0 saturated heterocycles. The van der Waals surface area contributed by atoms with E-state index in [9.17, 15) is 4.79 Å². The Balaban J connectivity index is 3.50. The van der Waals surface area contributed by atoms with Crippen molar-refractivity contribution in [2.75, 3.05) is 6.61 Å². The molecule has 58 valence electrons. The van der Waals surface area contributed by atoms with E-state index in [2.05, 4.69) is 19.2 Å². The Bertz CT molecular complexity index is 141. The summed E-state index contributed by atoms with van der Waals surface area (Å²) in [5.41, 5.74) is 0.425. The molecule has 0 aliphatic carbocycles. The first-order chi connectivity index (χ1) is 4.54. The van der Waals surface area contributed by atoms with Crippen LogP contribution in [0.1, 0.15) is 13.8 Å². The minimum atomic E-state index is -0.346. The number of carbonyl (C=O) groups is 1. The number of hydrogen-bond acceptors (Lipinski definition) is 3. The Hall–Kier alpha value is -0.440. The van der Waals surface area contributed by atoms with Crippen molar-refractivity contribution < 1.29 is 9.53 Å². The summed E-state index contributed by atoms with van der Waals surface area (Å²) in [6, 6.07) is 0. The second-order valence-electron chi connectivity index (χ2n) is 2.23. The fourth-order valence-electron chi connectivity index (χ4n) is 0.319. The van der Waals surface area contributed by atoms with Crippen molar-refractivity contribution in [2.24, 2.45) is 0 Å². The number of carbonyl (C=O) groups excluding carboxylic acids is 1. The summed E-state index contributed by atoms with van der Waals surface area (Å²) in [7, 11) is 0. The van der Waals surface area contributed by atoms with Crippen LogP contribution in [-0.2, 0) is 9.53 Å². The lowest BCUT2D eigenvalue weighted by Gasteiger charge is -2.04. The normalized spacial score (nSPS) is 12.3. The molecular weight excluding hydrogens is 148 g/mol. The van der Waals surface area contributed by atoms with Crippen LogP contribution in [0, 0.1) is 0 Å². The molecule has 2 nitrogen and oxygen atoms in total. The van der Waals surface area contributed by atoms with Crippen LogP contribution in [-0.4, -0.2) is 17.8 Å². The van der Waals surface area contributed by atoms with Crippen LogP contribution in [0.4, 0.5) is 0 Å². The van der Waals surface area contributed by atoms with Gasteiger partial charge in [-0.3, -0.25) is 0 Å². The summed E-state index contributed by atoms with van der Waals surface area (Å²) in [4.78, 5) is 10.7. The van der Waals surface area contributed by atoms with Crippen LogP contribution in [0.2, 0.25) is 0 Å². The number of thiol groups is 1. The molecule has 0 spiro atoms. The van der Waals surface area contributed by atoms with Crippen LogP contribution >= 0.6 is 12.6 Å². The maximum atomic E-state index is 10.7. The van der Waals surface area contributed by atoms with Crippen molar-refractivity contribution in [1.82, 2.24) is 0 Å². The van der Waals surface area contributed by atoms with Crippen LogP contribution < -0.4 is 0 Å². The van der Waals surface area contributed by atoms with E-state index in [4.69, 9.17) is 4.74 Å². The van der Waals surface area contributed by atoms with Crippen LogP contribution in [0.5, 0.6) is 0 Å². The maximum Gasteiger partial charge on any atom is 0.333 e. The van der Waals surface area contributed by atoms with Gasteiger partial charge >= 0.3 is 5.97 Å². The van der Waals surface area contributed by atoms with Gasteiger partial charge in [0, 0.05) is 10.8 Å². The monoisotopic (exact) mass is 160 g/mol. The summed E-state index contributed by atoms with van der Waals surface area (Å²) in [6.45, 7) is 7.25. The molecule has 0 aliphatic rings. The van der Waals surface area contributed by atoms with Gasteiger partial charge in [0.2, 0.25) is 0 Å². The highest BCUT2D eigenvalue weighted by atomic mass is 32.1. The van der Waals surface area contributed by atoms with Crippen molar-refractivity contribution >= 4 is 18.6 Å². The van der Waals surface area contributed by atoms with E-state index in [0.717, 1.165) is 0 Å². The van der Waals surface area contributed by atoms with Crippen molar-refractivity contribution in [3.05, 3.63) is 12.2 Å². The summed E-state index contributed by atoms with van der Waals surface area (Å²) in [5, 5.41) is 0.0864. The van der Waals surface area contributed by atoms with Gasteiger partial charge < -0.3 is 4.74 Å². The average molecular weight is 160 g/mol. The zero-order valence-electron chi connectivity index (χ0n) is 6.26. The minimum absolute atomic E-state index is 0.0864. The van der Waals surface area contributed by atoms with Gasteiger partial charge in [0.25, 0.3) is 0 Å². The molecule has 0 bridgehead atoms. The largest absolute Gasteiger partial charge is 0.461 e. The Morgan fingerprint density at radius 1 is 1.80 bits per heavy atom. The van der Waals surface area contributed by atoms with E-state index in [1.165, 1.54) is 0 Å². The first-order valence-corrected chi connectivity index (χ1v) is 3.56. The van der Waals surface area contributed by atoms with E-state index in [1.54, 1.807) is 6.92 Å². The fourth-order valence-corrected chi connectivity index (χ4v) is 0.394. The quantitative estimate of drug-likeness (QED) is 0.384. The molecule has 0 rings (SSSR count). The van der Waals surface area contributed by atoms with Gasteiger partial charge in [-0.1, -0.05) is 13.5 Å². The first-order valence-electron chi connectivity index (χ1n) is 3.04. The van der Waals surface area contributed by atoms with E-state index in [1.807, 2.05) is 6.92 Å². The van der Waals surface area contributed by atoms with Crippen LogP contribution in [0.25, 0.3) is 0 Å². The molecular formula is C7H12O2S. The van der Waals surface area contributed by atoms with Gasteiger partial charge in [0.05, 0.1) is 0 Å². The summed E-state index contributed by atoms with van der Waals surface area (Å²) >= 11 is 4.03. The molecule has 0 aromatic rings. The predicted molar refractivity (Wildman–Crippen MR) is 44.2 cm³/mol. The fraction of sp³-hybridized carbons (Fsp3) is 0.571. The highest BCUT2D eigenvalue weighted by Crippen LogP contribution is 1.97. The second kappa shape index (κ2) is 4.39. The summed E-state index contributed by atoms with van der Waals surface area (Å²) in [5.74, 6) is -0.346. The molecule has 0 saturated carbocycles. The van der Waals surface area contributed by atoms with E-state index in [-0.39, 0.29) is 11.2 Å². The van der Waals surface area contributed by atoms with Crippen molar-refractivity contribution in [3.8, 4) is 0 Å². The second-order valence-corrected chi connectivity index (χ2v) is 3.11. The highest BCUT2D eigenvalue weighted by molar-refractivity contribution is 7.80. The molecule has 0 aliphatic heterocycles. The van der Waals surface area contributed by atoms with Gasteiger partial charge in [0.1, 0.15) is 6.61 Å². The van der Waals surface area contributed by atoms with Gasteiger partial charge in [-0.2, -0.15) is 12.6 Å². The molecule has 10 heavy (non-hydrogen) atoms. The topological polar surface area (TPSA) is 26.3 Å². The average Bonchev–Trinajstić information content (AvgIpc) is 1.82. The summed E-state index contributed by atoms with van der Waals surface area (Å²) in [6.07, 6.45) is 0. The molecule has 0 fully saturated rings. The van der Waals surface area contributed by atoms with E-state index >= 15 is 0 Å². The van der Waals surface area contributed by atoms with Crippen molar-refractivity contribution in [2.45, 2.75) is 19.1 Å². The third kappa shape index (κ3) is 4.44. The summed E-state index contributed by atoms with van der Waals surface area (Å²) < 4.78 is 4.75. The molecule has 0 aromatic carbocycles. The maximum absolute atomic E-state index is 10.7. The SMILES string of the molecule is C=C(C)C(=O)OCC(C)S. The Labute approximate surface area is 66.7 Å². The lowest BCUT2D eigenvalue weighted by atomic mass is 10.4. The zero-order chi connectivity index (χ0) is 8.15. The lowest BCUT2D eigenvalue weighted by molar-refractivity contribution is -0.138. The molecule has 1 atom stereocenters. The minimum Gasteiger partial charge on any atom is -0.461 e. The van der Waals surface area contributed by atoms with Crippen molar-refractivity contribution in [1.29, 1.82) is 0 Å². The zero-order valence-corrected chi connectivity index (χ0v) is 7.15. The molecule has 0 heterocycles. The van der Waals surface area contributed by atoms with Gasteiger partial charge in [-0.15, -0.1) is 0 Å². The van der Waals surface area contributed by atoms with Gasteiger partial charge in [-0.25, -0.2) is 4.79 Å².